The SMILES string of the molecule is CC(=O)NC(C)c1ccc(C)c(C)c1. The van der Waals surface area contributed by atoms with Gasteiger partial charge in [-0.05, 0) is 37.5 Å². The van der Waals surface area contributed by atoms with Gasteiger partial charge in [-0.3, -0.25) is 4.79 Å². The van der Waals surface area contributed by atoms with Gasteiger partial charge in [0.25, 0.3) is 0 Å². The van der Waals surface area contributed by atoms with Crippen molar-refractivity contribution < 1.29 is 4.79 Å². The van der Waals surface area contributed by atoms with Crippen LogP contribution < -0.4 is 5.32 Å². The van der Waals surface area contributed by atoms with Crippen molar-refractivity contribution in [1.82, 2.24) is 5.32 Å². The molecule has 0 bridgehead atoms. The first-order valence-electron chi connectivity index (χ1n) is 4.85. The van der Waals surface area contributed by atoms with Gasteiger partial charge >= 0.3 is 0 Å². The number of hydrogen-bond acceptors (Lipinski definition) is 1. The number of rotatable bonds is 2. The predicted octanol–water partition coefficient (Wildman–Crippen LogP) is 2.50. The van der Waals surface area contributed by atoms with Gasteiger partial charge in [-0.15, -0.1) is 0 Å². The summed E-state index contributed by atoms with van der Waals surface area (Å²) in [6.45, 7) is 7.70. The van der Waals surface area contributed by atoms with Gasteiger partial charge in [0.05, 0.1) is 6.04 Å². The molecule has 1 aromatic carbocycles. The second-order valence-electron chi connectivity index (χ2n) is 3.77. The van der Waals surface area contributed by atoms with E-state index in [-0.39, 0.29) is 11.9 Å². The Hall–Kier alpha value is -1.31. The number of aryl methyl sites for hydroxylation is 2. The van der Waals surface area contributed by atoms with Gasteiger partial charge in [-0.1, -0.05) is 18.2 Å². The van der Waals surface area contributed by atoms with E-state index in [9.17, 15) is 4.79 Å². The Morgan fingerprint density at radius 1 is 1.29 bits per heavy atom. The van der Waals surface area contributed by atoms with Gasteiger partial charge in [-0.25, -0.2) is 0 Å². The van der Waals surface area contributed by atoms with Crippen LogP contribution in [0.15, 0.2) is 18.2 Å². The fourth-order valence-corrected chi connectivity index (χ4v) is 1.42. The highest BCUT2D eigenvalue weighted by Crippen LogP contribution is 2.16. The fourth-order valence-electron chi connectivity index (χ4n) is 1.42. The summed E-state index contributed by atoms with van der Waals surface area (Å²) in [6, 6.07) is 6.36. The maximum Gasteiger partial charge on any atom is 0.217 e. The minimum Gasteiger partial charge on any atom is -0.350 e. The summed E-state index contributed by atoms with van der Waals surface area (Å²) in [5.74, 6) is 0.00993. The van der Waals surface area contributed by atoms with Gasteiger partial charge < -0.3 is 5.32 Å². The van der Waals surface area contributed by atoms with Crippen molar-refractivity contribution in [1.29, 1.82) is 0 Å². The summed E-state index contributed by atoms with van der Waals surface area (Å²) in [4.78, 5) is 10.9. The van der Waals surface area contributed by atoms with E-state index in [0.29, 0.717) is 0 Å². The predicted molar refractivity (Wildman–Crippen MR) is 58.1 cm³/mol. The molecule has 0 radical (unpaired) electrons. The Morgan fingerprint density at radius 2 is 1.93 bits per heavy atom. The van der Waals surface area contributed by atoms with Crippen LogP contribution in [0.4, 0.5) is 0 Å². The third-order valence-electron chi connectivity index (χ3n) is 2.45. The van der Waals surface area contributed by atoms with Crippen LogP contribution in [0, 0.1) is 13.8 Å². The Kier molecular flexibility index (Phi) is 3.28. The van der Waals surface area contributed by atoms with Crippen molar-refractivity contribution in [2.45, 2.75) is 33.7 Å². The Morgan fingerprint density at radius 3 is 2.43 bits per heavy atom. The highest BCUT2D eigenvalue weighted by atomic mass is 16.1. The van der Waals surface area contributed by atoms with E-state index in [1.807, 2.05) is 6.92 Å². The van der Waals surface area contributed by atoms with Crippen LogP contribution in [0.2, 0.25) is 0 Å². The second kappa shape index (κ2) is 4.27. The molecule has 1 amide bonds. The minimum absolute atomic E-state index is 0.00993. The van der Waals surface area contributed by atoms with E-state index in [1.165, 1.54) is 18.1 Å². The molecular formula is C12H17NO. The van der Waals surface area contributed by atoms with Crippen molar-refractivity contribution >= 4 is 5.91 Å². The highest BCUT2D eigenvalue weighted by molar-refractivity contribution is 5.73. The van der Waals surface area contributed by atoms with E-state index >= 15 is 0 Å². The third kappa shape index (κ3) is 2.59. The molecule has 0 aliphatic rings. The van der Waals surface area contributed by atoms with Gasteiger partial charge in [0.1, 0.15) is 0 Å². The van der Waals surface area contributed by atoms with E-state index in [2.05, 4.69) is 37.4 Å². The number of hydrogen-bond donors (Lipinski definition) is 1. The van der Waals surface area contributed by atoms with Crippen molar-refractivity contribution in [3.63, 3.8) is 0 Å². The van der Waals surface area contributed by atoms with Crippen LogP contribution in [-0.4, -0.2) is 5.91 Å². The molecule has 2 nitrogen and oxygen atoms in total. The molecule has 1 unspecified atom stereocenters. The number of nitrogens with one attached hydrogen (secondary N) is 1. The zero-order valence-electron chi connectivity index (χ0n) is 9.22. The molecule has 76 valence electrons. The van der Waals surface area contributed by atoms with Crippen molar-refractivity contribution in [2.24, 2.45) is 0 Å². The zero-order chi connectivity index (χ0) is 10.7. The van der Waals surface area contributed by atoms with Crippen LogP contribution in [0.25, 0.3) is 0 Å². The molecule has 14 heavy (non-hydrogen) atoms. The number of carbonyl (C=O) groups is 1. The smallest absolute Gasteiger partial charge is 0.217 e. The fraction of sp³-hybridized carbons (Fsp3) is 0.417. The molecule has 0 aliphatic carbocycles. The second-order valence-corrected chi connectivity index (χ2v) is 3.77. The van der Waals surface area contributed by atoms with Crippen LogP contribution in [-0.2, 0) is 4.79 Å². The Balaban J connectivity index is 2.85. The molecule has 1 N–H and O–H groups in total. The first-order valence-corrected chi connectivity index (χ1v) is 4.85. The Bertz CT molecular complexity index is 344. The maximum absolute atomic E-state index is 10.9. The monoisotopic (exact) mass is 191 g/mol. The molecule has 0 spiro atoms. The lowest BCUT2D eigenvalue weighted by Gasteiger charge is -2.14. The largest absolute Gasteiger partial charge is 0.350 e. The lowest BCUT2D eigenvalue weighted by molar-refractivity contribution is -0.119. The topological polar surface area (TPSA) is 29.1 Å². The summed E-state index contributed by atoms with van der Waals surface area (Å²) in [5, 5.41) is 2.87. The quantitative estimate of drug-likeness (QED) is 0.764. The normalized spacial score (nSPS) is 12.3. The molecule has 0 aromatic heterocycles. The Labute approximate surface area is 85.3 Å². The van der Waals surface area contributed by atoms with Crippen molar-refractivity contribution in [3.8, 4) is 0 Å². The molecular weight excluding hydrogens is 174 g/mol. The van der Waals surface area contributed by atoms with Gasteiger partial charge in [-0.2, -0.15) is 0 Å². The molecule has 1 rings (SSSR count). The molecule has 0 heterocycles. The maximum atomic E-state index is 10.9. The van der Waals surface area contributed by atoms with Crippen molar-refractivity contribution in [3.05, 3.63) is 34.9 Å². The van der Waals surface area contributed by atoms with Gasteiger partial charge in [0.2, 0.25) is 5.91 Å². The summed E-state index contributed by atoms with van der Waals surface area (Å²) in [5.41, 5.74) is 3.70. The summed E-state index contributed by atoms with van der Waals surface area (Å²) >= 11 is 0. The average molecular weight is 191 g/mol. The lowest BCUT2D eigenvalue weighted by Crippen LogP contribution is -2.23. The number of carbonyl (C=O) groups excluding carboxylic acids is 1. The van der Waals surface area contributed by atoms with Crippen LogP contribution in [0.3, 0.4) is 0 Å². The zero-order valence-corrected chi connectivity index (χ0v) is 9.22. The summed E-state index contributed by atoms with van der Waals surface area (Å²) in [6.07, 6.45) is 0. The third-order valence-corrected chi connectivity index (χ3v) is 2.45. The van der Waals surface area contributed by atoms with Crippen LogP contribution in [0.5, 0.6) is 0 Å². The molecule has 2 heteroatoms. The van der Waals surface area contributed by atoms with E-state index in [1.54, 1.807) is 0 Å². The first kappa shape index (κ1) is 10.8. The first-order chi connectivity index (χ1) is 6.50. The van der Waals surface area contributed by atoms with Crippen LogP contribution in [0.1, 0.15) is 36.6 Å². The molecule has 1 aromatic rings. The van der Waals surface area contributed by atoms with E-state index in [0.717, 1.165) is 5.56 Å². The lowest BCUT2D eigenvalue weighted by atomic mass is 10.0. The number of benzene rings is 1. The minimum atomic E-state index is 0.00993. The summed E-state index contributed by atoms with van der Waals surface area (Å²) in [7, 11) is 0. The van der Waals surface area contributed by atoms with Gasteiger partial charge in [0, 0.05) is 6.92 Å². The number of amides is 1. The average Bonchev–Trinajstić information content (AvgIpc) is 2.08. The molecule has 0 saturated carbocycles. The summed E-state index contributed by atoms with van der Waals surface area (Å²) < 4.78 is 0. The van der Waals surface area contributed by atoms with E-state index < -0.39 is 0 Å². The van der Waals surface area contributed by atoms with Crippen molar-refractivity contribution in [2.75, 3.05) is 0 Å². The molecule has 1 atom stereocenters. The molecule has 0 fully saturated rings. The van der Waals surface area contributed by atoms with Crippen LogP contribution >= 0.6 is 0 Å². The standard InChI is InChI=1S/C12H17NO/c1-8-5-6-12(7-9(8)2)10(3)13-11(4)14/h5-7,10H,1-4H3,(H,13,14). The van der Waals surface area contributed by atoms with E-state index in [4.69, 9.17) is 0 Å². The van der Waals surface area contributed by atoms with Gasteiger partial charge in [0.15, 0.2) is 0 Å². The highest BCUT2D eigenvalue weighted by Gasteiger charge is 2.06. The molecule has 0 aliphatic heterocycles. The molecule has 0 saturated heterocycles.